The van der Waals surface area contributed by atoms with Crippen molar-refractivity contribution >= 4 is 23.2 Å². The first-order chi connectivity index (χ1) is 13.5. The molecular formula is C22H29N3O3. The number of hydrogen-bond donors (Lipinski definition) is 2. The number of carbonyl (C=O) groups is 2. The molecule has 2 N–H and O–H groups in total. The van der Waals surface area contributed by atoms with Crippen LogP contribution < -0.4 is 20.3 Å². The van der Waals surface area contributed by atoms with Crippen molar-refractivity contribution in [1.29, 1.82) is 0 Å². The van der Waals surface area contributed by atoms with E-state index in [0.29, 0.717) is 12.2 Å². The zero-order chi connectivity index (χ0) is 20.4. The number of anilines is 2. The van der Waals surface area contributed by atoms with Crippen LogP contribution in [0.15, 0.2) is 48.5 Å². The Morgan fingerprint density at radius 1 is 1.04 bits per heavy atom. The molecule has 0 spiro atoms. The number of rotatable bonds is 10. The molecule has 0 saturated heterocycles. The number of para-hydroxylation sites is 2. The van der Waals surface area contributed by atoms with Gasteiger partial charge in [0.25, 0.3) is 5.91 Å². The molecule has 0 aliphatic rings. The summed E-state index contributed by atoms with van der Waals surface area (Å²) in [4.78, 5) is 26.5. The molecular weight excluding hydrogens is 354 g/mol. The maximum absolute atomic E-state index is 12.3. The van der Waals surface area contributed by atoms with Crippen LogP contribution in [0.1, 0.15) is 37.0 Å². The van der Waals surface area contributed by atoms with Crippen LogP contribution in [0.25, 0.3) is 0 Å². The second-order valence-electron chi connectivity index (χ2n) is 6.49. The molecule has 28 heavy (non-hydrogen) atoms. The highest BCUT2D eigenvalue weighted by Crippen LogP contribution is 2.24. The fourth-order valence-electron chi connectivity index (χ4n) is 2.58. The topological polar surface area (TPSA) is 70.7 Å². The van der Waals surface area contributed by atoms with Gasteiger partial charge in [0.15, 0.2) is 0 Å². The van der Waals surface area contributed by atoms with Crippen molar-refractivity contribution in [1.82, 2.24) is 5.32 Å². The van der Waals surface area contributed by atoms with Gasteiger partial charge in [-0.25, -0.2) is 0 Å². The van der Waals surface area contributed by atoms with Gasteiger partial charge in [-0.3, -0.25) is 9.59 Å². The van der Waals surface area contributed by atoms with E-state index in [1.54, 1.807) is 24.3 Å². The van der Waals surface area contributed by atoms with Crippen LogP contribution in [0, 0.1) is 0 Å². The Kier molecular flexibility index (Phi) is 8.34. The Labute approximate surface area is 166 Å². The SMILES string of the molecule is CCCCOc1ccc(C(=O)NCC(=O)Nc2ccccc2N(C)CC)cc1. The summed E-state index contributed by atoms with van der Waals surface area (Å²) in [6, 6.07) is 14.5. The predicted molar refractivity (Wildman–Crippen MR) is 113 cm³/mol. The highest BCUT2D eigenvalue weighted by Gasteiger charge is 2.11. The molecule has 2 amide bonds. The van der Waals surface area contributed by atoms with Crippen molar-refractivity contribution in [3.63, 3.8) is 0 Å². The van der Waals surface area contributed by atoms with Gasteiger partial charge in [0.1, 0.15) is 5.75 Å². The zero-order valence-corrected chi connectivity index (χ0v) is 16.8. The van der Waals surface area contributed by atoms with E-state index in [1.807, 2.05) is 43.1 Å². The van der Waals surface area contributed by atoms with Crippen molar-refractivity contribution in [3.05, 3.63) is 54.1 Å². The Morgan fingerprint density at radius 2 is 1.75 bits per heavy atom. The Morgan fingerprint density at radius 3 is 2.43 bits per heavy atom. The summed E-state index contributed by atoms with van der Waals surface area (Å²) >= 11 is 0. The van der Waals surface area contributed by atoms with E-state index in [4.69, 9.17) is 4.74 Å². The summed E-state index contributed by atoms with van der Waals surface area (Å²) in [5.41, 5.74) is 2.14. The number of benzene rings is 2. The average molecular weight is 383 g/mol. The van der Waals surface area contributed by atoms with Crippen LogP contribution in [-0.2, 0) is 4.79 Å². The van der Waals surface area contributed by atoms with E-state index in [2.05, 4.69) is 17.6 Å². The van der Waals surface area contributed by atoms with Crippen molar-refractivity contribution in [2.24, 2.45) is 0 Å². The second-order valence-corrected chi connectivity index (χ2v) is 6.49. The third-order valence-corrected chi connectivity index (χ3v) is 4.36. The highest BCUT2D eigenvalue weighted by molar-refractivity contribution is 6.00. The summed E-state index contributed by atoms with van der Waals surface area (Å²) in [5.74, 6) is 0.165. The lowest BCUT2D eigenvalue weighted by molar-refractivity contribution is -0.115. The van der Waals surface area contributed by atoms with Gasteiger partial charge >= 0.3 is 0 Å². The van der Waals surface area contributed by atoms with E-state index in [0.717, 1.165) is 36.5 Å². The number of unbranched alkanes of at least 4 members (excludes halogenated alkanes) is 1. The molecule has 0 fully saturated rings. The number of carbonyl (C=O) groups excluding carboxylic acids is 2. The third-order valence-electron chi connectivity index (χ3n) is 4.36. The van der Waals surface area contributed by atoms with Crippen LogP contribution >= 0.6 is 0 Å². The lowest BCUT2D eigenvalue weighted by Gasteiger charge is -2.20. The van der Waals surface area contributed by atoms with Crippen LogP contribution in [0.5, 0.6) is 5.75 Å². The van der Waals surface area contributed by atoms with Gasteiger partial charge in [0.2, 0.25) is 5.91 Å². The molecule has 6 heteroatoms. The van der Waals surface area contributed by atoms with Gasteiger partial charge in [-0.2, -0.15) is 0 Å². The van der Waals surface area contributed by atoms with E-state index < -0.39 is 0 Å². The molecule has 0 saturated carbocycles. The molecule has 2 aromatic rings. The van der Waals surface area contributed by atoms with Gasteiger partial charge in [0, 0.05) is 19.2 Å². The van der Waals surface area contributed by atoms with Crippen LogP contribution in [0.2, 0.25) is 0 Å². The van der Waals surface area contributed by atoms with E-state index in [1.165, 1.54) is 0 Å². The lowest BCUT2D eigenvalue weighted by Crippen LogP contribution is -2.33. The molecule has 2 rings (SSSR count). The molecule has 0 radical (unpaired) electrons. The summed E-state index contributed by atoms with van der Waals surface area (Å²) < 4.78 is 5.59. The normalized spacial score (nSPS) is 10.2. The molecule has 150 valence electrons. The Hall–Kier alpha value is -3.02. The van der Waals surface area contributed by atoms with Crippen molar-refractivity contribution in [2.45, 2.75) is 26.7 Å². The minimum absolute atomic E-state index is 0.0994. The van der Waals surface area contributed by atoms with Gasteiger partial charge in [0.05, 0.1) is 24.5 Å². The number of nitrogens with zero attached hydrogens (tertiary/aromatic N) is 1. The number of ether oxygens (including phenoxy) is 1. The summed E-state index contributed by atoms with van der Waals surface area (Å²) in [6.45, 7) is 5.53. The number of amides is 2. The average Bonchev–Trinajstić information content (AvgIpc) is 2.72. The van der Waals surface area contributed by atoms with Gasteiger partial charge < -0.3 is 20.3 Å². The van der Waals surface area contributed by atoms with Gasteiger partial charge in [-0.05, 0) is 49.7 Å². The molecule has 0 unspecified atom stereocenters. The van der Waals surface area contributed by atoms with E-state index >= 15 is 0 Å². The number of nitrogens with one attached hydrogen (secondary N) is 2. The highest BCUT2D eigenvalue weighted by atomic mass is 16.5. The largest absolute Gasteiger partial charge is 0.494 e. The molecule has 0 aromatic heterocycles. The molecule has 0 bridgehead atoms. The van der Waals surface area contributed by atoms with E-state index in [9.17, 15) is 9.59 Å². The fraction of sp³-hybridized carbons (Fsp3) is 0.364. The first-order valence-corrected chi connectivity index (χ1v) is 9.66. The quantitative estimate of drug-likeness (QED) is 0.614. The van der Waals surface area contributed by atoms with Crippen molar-refractivity contribution in [3.8, 4) is 5.75 Å². The maximum atomic E-state index is 12.3. The van der Waals surface area contributed by atoms with Gasteiger partial charge in [-0.1, -0.05) is 25.5 Å². The molecule has 2 aromatic carbocycles. The maximum Gasteiger partial charge on any atom is 0.251 e. The lowest BCUT2D eigenvalue weighted by atomic mass is 10.2. The fourth-order valence-corrected chi connectivity index (χ4v) is 2.58. The first-order valence-electron chi connectivity index (χ1n) is 9.66. The summed E-state index contributed by atoms with van der Waals surface area (Å²) in [7, 11) is 1.96. The van der Waals surface area contributed by atoms with Crippen LogP contribution in [0.4, 0.5) is 11.4 Å². The smallest absolute Gasteiger partial charge is 0.251 e. The first kappa shape index (κ1) is 21.3. The molecule has 0 aliphatic heterocycles. The minimum Gasteiger partial charge on any atom is -0.494 e. The minimum atomic E-state index is -0.297. The predicted octanol–water partition coefficient (Wildman–Crippen LogP) is 3.69. The van der Waals surface area contributed by atoms with Crippen molar-refractivity contribution in [2.75, 3.05) is 37.0 Å². The summed E-state index contributed by atoms with van der Waals surface area (Å²) in [6.07, 6.45) is 2.07. The zero-order valence-electron chi connectivity index (χ0n) is 16.8. The van der Waals surface area contributed by atoms with Crippen molar-refractivity contribution < 1.29 is 14.3 Å². The summed E-state index contributed by atoms with van der Waals surface area (Å²) in [5, 5.41) is 5.50. The van der Waals surface area contributed by atoms with Crippen LogP contribution in [0.3, 0.4) is 0 Å². The second kappa shape index (κ2) is 11.0. The Balaban J connectivity index is 1.86. The molecule has 0 atom stereocenters. The third kappa shape index (κ3) is 6.30. The standard InChI is InChI=1S/C22H29N3O3/c1-4-6-15-28-18-13-11-17(12-14-18)22(27)23-16-21(26)24-19-9-7-8-10-20(19)25(3)5-2/h7-14H,4-6,15-16H2,1-3H3,(H,23,27)(H,24,26). The monoisotopic (exact) mass is 383 g/mol. The number of hydrogen-bond acceptors (Lipinski definition) is 4. The molecule has 0 aliphatic carbocycles. The molecule has 6 nitrogen and oxygen atoms in total. The van der Waals surface area contributed by atoms with E-state index in [-0.39, 0.29) is 18.4 Å². The van der Waals surface area contributed by atoms with Gasteiger partial charge in [-0.15, -0.1) is 0 Å². The van der Waals surface area contributed by atoms with Crippen LogP contribution in [-0.4, -0.2) is 38.6 Å². The molecule has 0 heterocycles. The Bertz CT molecular complexity index is 775.